The van der Waals surface area contributed by atoms with Crippen LogP contribution < -0.4 is 5.32 Å². The van der Waals surface area contributed by atoms with Crippen molar-refractivity contribution in [3.63, 3.8) is 0 Å². The fourth-order valence-electron chi connectivity index (χ4n) is 2.04. The van der Waals surface area contributed by atoms with E-state index < -0.39 is 0 Å². The lowest BCUT2D eigenvalue weighted by Crippen LogP contribution is -2.20. The number of hydrogen-bond acceptors (Lipinski definition) is 2. The Morgan fingerprint density at radius 1 is 1.56 bits per heavy atom. The molecule has 0 aliphatic carbocycles. The lowest BCUT2D eigenvalue weighted by Gasteiger charge is -2.13. The highest BCUT2D eigenvalue weighted by atomic mass is 16.1. The second kappa shape index (κ2) is 5.04. The third kappa shape index (κ3) is 2.27. The molecule has 1 aromatic carbocycles. The van der Waals surface area contributed by atoms with Gasteiger partial charge in [-0.2, -0.15) is 0 Å². The third-order valence-corrected chi connectivity index (χ3v) is 2.82. The van der Waals surface area contributed by atoms with Gasteiger partial charge < -0.3 is 9.88 Å². The number of fused-ring (bicyclic) bond motifs is 1. The van der Waals surface area contributed by atoms with Gasteiger partial charge in [-0.15, -0.1) is 0 Å². The largest absolute Gasteiger partial charge is 0.349 e. The van der Waals surface area contributed by atoms with E-state index in [4.69, 9.17) is 0 Å². The van der Waals surface area contributed by atoms with Crippen LogP contribution in [0.1, 0.15) is 25.7 Å². The molecule has 1 heterocycles. The Balaban J connectivity index is 2.55. The van der Waals surface area contributed by atoms with Crippen molar-refractivity contribution in [2.24, 2.45) is 0 Å². The fourth-order valence-corrected chi connectivity index (χ4v) is 2.04. The quantitative estimate of drug-likeness (QED) is 0.647. The summed E-state index contributed by atoms with van der Waals surface area (Å²) in [4.78, 5) is 15.2. The summed E-state index contributed by atoms with van der Waals surface area (Å²) in [6.45, 7) is 8.56. The summed E-state index contributed by atoms with van der Waals surface area (Å²) >= 11 is 0. The minimum Gasteiger partial charge on any atom is -0.349 e. The molecular formula is C14H17N3O. The maximum Gasteiger partial charge on any atom is 0.207 e. The van der Waals surface area contributed by atoms with Crippen molar-refractivity contribution in [1.29, 1.82) is 0 Å². The van der Waals surface area contributed by atoms with Gasteiger partial charge in [-0.25, -0.2) is 4.98 Å². The molecule has 4 nitrogen and oxygen atoms in total. The lowest BCUT2D eigenvalue weighted by molar-refractivity contribution is -0.110. The molecule has 1 aromatic heterocycles. The Morgan fingerprint density at radius 3 is 2.94 bits per heavy atom. The van der Waals surface area contributed by atoms with Gasteiger partial charge in [0.15, 0.2) is 0 Å². The number of rotatable bonds is 5. The summed E-state index contributed by atoms with van der Waals surface area (Å²) in [7, 11) is 0. The van der Waals surface area contributed by atoms with Gasteiger partial charge in [0, 0.05) is 6.54 Å². The predicted octanol–water partition coefficient (Wildman–Crippen LogP) is 2.42. The van der Waals surface area contributed by atoms with Gasteiger partial charge in [0.1, 0.15) is 5.82 Å². The lowest BCUT2D eigenvalue weighted by atomic mass is 10.2. The molecule has 0 aliphatic heterocycles. The number of nitrogens with one attached hydrogen (secondary N) is 1. The molecule has 0 unspecified atom stereocenters. The number of hydrogen-bond donors (Lipinski definition) is 1. The van der Waals surface area contributed by atoms with Crippen LogP contribution in [-0.4, -0.2) is 16.0 Å². The molecule has 0 radical (unpaired) electrons. The van der Waals surface area contributed by atoms with E-state index in [1.165, 1.54) is 0 Å². The average Bonchev–Trinajstić information content (AvgIpc) is 2.68. The predicted molar refractivity (Wildman–Crippen MR) is 72.2 cm³/mol. The first kappa shape index (κ1) is 12.4. The van der Waals surface area contributed by atoms with Gasteiger partial charge in [-0.3, -0.25) is 4.79 Å². The zero-order chi connectivity index (χ0) is 13.1. The molecule has 0 saturated heterocycles. The maximum atomic E-state index is 10.6. The van der Waals surface area contributed by atoms with Crippen LogP contribution in [0.5, 0.6) is 0 Å². The van der Waals surface area contributed by atoms with Crippen molar-refractivity contribution in [3.05, 3.63) is 42.2 Å². The molecule has 0 fully saturated rings. The minimum atomic E-state index is -0.116. The number of carbonyl (C=O) groups excluding carboxylic acids is 1. The molecule has 1 amide bonds. The zero-order valence-electron chi connectivity index (χ0n) is 10.7. The van der Waals surface area contributed by atoms with E-state index in [2.05, 4.69) is 21.4 Å². The number of imidazole rings is 1. The third-order valence-electron chi connectivity index (χ3n) is 2.82. The van der Waals surface area contributed by atoms with Crippen LogP contribution in [0.25, 0.3) is 11.0 Å². The van der Waals surface area contributed by atoms with E-state index in [0.29, 0.717) is 13.0 Å². The molecule has 0 aliphatic rings. The highest BCUT2D eigenvalue weighted by Crippen LogP contribution is 2.21. The first-order chi connectivity index (χ1) is 8.63. The summed E-state index contributed by atoms with van der Waals surface area (Å²) in [5.41, 5.74) is 3.06. The van der Waals surface area contributed by atoms with Gasteiger partial charge in [0.25, 0.3) is 0 Å². The Morgan fingerprint density at radius 2 is 2.28 bits per heavy atom. The number of carbonyl (C=O) groups is 1. The van der Waals surface area contributed by atoms with Crippen LogP contribution in [0.4, 0.5) is 0 Å². The van der Waals surface area contributed by atoms with Crippen molar-refractivity contribution in [2.75, 3.05) is 0 Å². The Bertz CT molecular complexity index is 586. The Labute approximate surface area is 106 Å². The Hall–Kier alpha value is -2.10. The SMILES string of the molecule is C=C(C)Cn1c([C@@H](C)NC=O)nc2ccccc21. The molecule has 1 N–H and O–H groups in total. The average molecular weight is 243 g/mol. The van der Waals surface area contributed by atoms with Crippen molar-refractivity contribution >= 4 is 17.4 Å². The van der Waals surface area contributed by atoms with Crippen LogP contribution in [-0.2, 0) is 11.3 Å². The molecule has 2 aromatic rings. The van der Waals surface area contributed by atoms with Crippen LogP contribution in [0.2, 0.25) is 0 Å². The molecule has 0 spiro atoms. The van der Waals surface area contributed by atoms with Crippen LogP contribution in [0, 0.1) is 0 Å². The van der Waals surface area contributed by atoms with Crippen molar-refractivity contribution < 1.29 is 4.79 Å². The monoisotopic (exact) mass is 243 g/mol. The normalized spacial score (nSPS) is 12.3. The highest BCUT2D eigenvalue weighted by Gasteiger charge is 2.15. The van der Waals surface area contributed by atoms with Gasteiger partial charge >= 0.3 is 0 Å². The molecule has 4 heteroatoms. The summed E-state index contributed by atoms with van der Waals surface area (Å²) in [6, 6.07) is 7.83. The number of aromatic nitrogens is 2. The van der Waals surface area contributed by atoms with Gasteiger partial charge in [0.2, 0.25) is 6.41 Å². The van der Waals surface area contributed by atoms with Crippen molar-refractivity contribution in [1.82, 2.24) is 14.9 Å². The van der Waals surface area contributed by atoms with E-state index in [1.807, 2.05) is 38.1 Å². The molecule has 0 bridgehead atoms. The van der Waals surface area contributed by atoms with Gasteiger partial charge in [-0.05, 0) is 26.0 Å². The molecular weight excluding hydrogens is 226 g/mol. The van der Waals surface area contributed by atoms with Crippen LogP contribution in [0.15, 0.2) is 36.4 Å². The van der Waals surface area contributed by atoms with Crippen molar-refractivity contribution in [2.45, 2.75) is 26.4 Å². The standard InChI is InChI=1S/C14H17N3O/c1-10(2)8-17-13-7-5-4-6-12(13)16-14(17)11(3)15-9-18/h4-7,9,11H,1,8H2,2-3H3,(H,15,18)/t11-/m1/s1. The molecule has 2 rings (SSSR count). The smallest absolute Gasteiger partial charge is 0.207 e. The fraction of sp³-hybridized carbons (Fsp3) is 0.286. The van der Waals surface area contributed by atoms with E-state index in [9.17, 15) is 4.79 Å². The number of allylic oxidation sites excluding steroid dienone is 1. The first-order valence-electron chi connectivity index (χ1n) is 5.92. The van der Waals surface area contributed by atoms with Crippen LogP contribution >= 0.6 is 0 Å². The van der Waals surface area contributed by atoms with Gasteiger partial charge in [-0.1, -0.05) is 24.3 Å². The second-order valence-electron chi connectivity index (χ2n) is 4.51. The number of amides is 1. The van der Waals surface area contributed by atoms with E-state index in [1.54, 1.807) is 0 Å². The van der Waals surface area contributed by atoms with Crippen LogP contribution in [0.3, 0.4) is 0 Å². The summed E-state index contributed by atoms with van der Waals surface area (Å²) in [5, 5.41) is 2.74. The number of benzene rings is 1. The second-order valence-corrected chi connectivity index (χ2v) is 4.51. The van der Waals surface area contributed by atoms with E-state index in [0.717, 1.165) is 22.4 Å². The summed E-state index contributed by atoms with van der Waals surface area (Å²) < 4.78 is 2.10. The summed E-state index contributed by atoms with van der Waals surface area (Å²) in [6.07, 6.45) is 0.703. The first-order valence-corrected chi connectivity index (χ1v) is 5.92. The Kier molecular flexibility index (Phi) is 3.46. The molecule has 1 atom stereocenters. The molecule has 0 saturated carbocycles. The summed E-state index contributed by atoms with van der Waals surface area (Å²) in [5.74, 6) is 0.853. The van der Waals surface area contributed by atoms with E-state index >= 15 is 0 Å². The number of para-hydroxylation sites is 2. The number of nitrogens with zero attached hydrogens (tertiary/aromatic N) is 2. The highest BCUT2D eigenvalue weighted by molar-refractivity contribution is 5.76. The molecule has 94 valence electrons. The van der Waals surface area contributed by atoms with Crippen molar-refractivity contribution in [3.8, 4) is 0 Å². The van der Waals surface area contributed by atoms with E-state index in [-0.39, 0.29) is 6.04 Å². The topological polar surface area (TPSA) is 46.9 Å². The zero-order valence-corrected chi connectivity index (χ0v) is 10.7. The minimum absolute atomic E-state index is 0.116. The maximum absolute atomic E-state index is 10.6. The van der Waals surface area contributed by atoms with Gasteiger partial charge in [0.05, 0.1) is 17.1 Å². The molecule has 18 heavy (non-hydrogen) atoms.